The van der Waals surface area contributed by atoms with Crippen LogP contribution in [0.2, 0.25) is 13.6 Å². The molecule has 0 aliphatic rings. The Hall–Kier alpha value is -0.715. The van der Waals surface area contributed by atoms with Gasteiger partial charge in [-0.25, -0.2) is 0 Å². The highest BCUT2D eigenvalue weighted by Gasteiger charge is 2.26. The van der Waals surface area contributed by atoms with Gasteiger partial charge in [0.25, 0.3) is 0 Å². The molecule has 0 nitrogen and oxygen atoms in total. The number of hydrogen-bond donors (Lipinski definition) is 0. The molecule has 0 aromatic heterocycles. The first-order chi connectivity index (χ1) is 5.55. The van der Waals surface area contributed by atoms with Crippen LogP contribution in [0.1, 0.15) is 19.4 Å². The molecule has 0 saturated heterocycles. The zero-order valence-corrected chi connectivity index (χ0v) is 8.46. The normalized spacial score (nSPS) is 11.3. The quantitative estimate of drug-likeness (QED) is 0.582. The molecule has 1 aromatic carbocycles. The van der Waals surface area contributed by atoms with Crippen LogP contribution in [0.3, 0.4) is 0 Å². The molecule has 1 aromatic rings. The molecule has 0 bridgehead atoms. The van der Waals surface area contributed by atoms with Crippen LogP contribution >= 0.6 is 0 Å². The molecular weight excluding hydrogens is 143 g/mol. The number of rotatable bonds is 2. The van der Waals surface area contributed by atoms with Gasteiger partial charge in [-0.15, -0.1) is 0 Å². The van der Waals surface area contributed by atoms with Crippen LogP contribution in [0.15, 0.2) is 30.3 Å². The summed E-state index contributed by atoms with van der Waals surface area (Å²) in [6, 6.07) is 10.7. The van der Waals surface area contributed by atoms with Gasteiger partial charge in [0.05, 0.1) is 0 Å². The zero-order chi connectivity index (χ0) is 9.19. The van der Waals surface area contributed by atoms with Crippen LogP contribution in [0, 0.1) is 0 Å². The Bertz CT molecular complexity index is 236. The summed E-state index contributed by atoms with van der Waals surface area (Å²) in [6.07, 6.45) is 0. The van der Waals surface area contributed by atoms with Crippen molar-refractivity contribution in [1.29, 1.82) is 0 Å². The summed E-state index contributed by atoms with van der Waals surface area (Å²) in [5, 5.41) is 0.293. The molecule has 0 N–H and O–H groups in total. The van der Waals surface area contributed by atoms with Crippen molar-refractivity contribution in [2.45, 2.75) is 32.8 Å². The number of hydrogen-bond acceptors (Lipinski definition) is 0. The maximum Gasteiger partial charge on any atom is 0.145 e. The van der Waals surface area contributed by atoms with Crippen LogP contribution in [-0.4, -0.2) is 6.71 Å². The summed E-state index contributed by atoms with van der Waals surface area (Å²) in [7, 11) is 0. The second kappa shape index (κ2) is 3.34. The Morgan fingerprint density at radius 1 is 1.00 bits per heavy atom. The smallest absolute Gasteiger partial charge is 0.0855 e. The van der Waals surface area contributed by atoms with E-state index in [1.54, 1.807) is 0 Å². The first-order valence-electron chi connectivity index (χ1n) is 4.60. The van der Waals surface area contributed by atoms with Crippen LogP contribution in [0.4, 0.5) is 0 Å². The molecule has 0 radical (unpaired) electrons. The van der Waals surface area contributed by atoms with E-state index < -0.39 is 0 Å². The van der Waals surface area contributed by atoms with Crippen molar-refractivity contribution in [3.63, 3.8) is 0 Å². The highest BCUT2D eigenvalue weighted by molar-refractivity contribution is 6.59. The molecule has 12 heavy (non-hydrogen) atoms. The van der Waals surface area contributed by atoms with Gasteiger partial charge in [0, 0.05) is 0 Å². The predicted octanol–water partition coefficient (Wildman–Crippen LogP) is 3.26. The van der Waals surface area contributed by atoms with E-state index in [-0.39, 0.29) is 0 Å². The summed E-state index contributed by atoms with van der Waals surface area (Å²) in [5.41, 5.74) is 1.43. The minimum Gasteiger partial charge on any atom is -0.0855 e. The van der Waals surface area contributed by atoms with E-state index in [2.05, 4.69) is 57.8 Å². The van der Waals surface area contributed by atoms with Crippen LogP contribution < -0.4 is 0 Å². The molecule has 0 heterocycles. The van der Waals surface area contributed by atoms with Crippen molar-refractivity contribution in [1.82, 2.24) is 0 Å². The van der Waals surface area contributed by atoms with Crippen molar-refractivity contribution in [3.8, 4) is 0 Å². The van der Waals surface area contributed by atoms with Gasteiger partial charge in [0.15, 0.2) is 0 Å². The van der Waals surface area contributed by atoms with Gasteiger partial charge >= 0.3 is 0 Å². The Morgan fingerprint density at radius 2 is 1.50 bits per heavy atom. The topological polar surface area (TPSA) is 0 Å². The lowest BCUT2D eigenvalue weighted by Gasteiger charge is -2.27. The fourth-order valence-electron chi connectivity index (χ4n) is 1.20. The monoisotopic (exact) mass is 160 g/mol. The molecule has 0 spiro atoms. The summed E-state index contributed by atoms with van der Waals surface area (Å²) in [6.45, 7) is 9.82. The Balaban J connectivity index is 2.98. The lowest BCUT2D eigenvalue weighted by Crippen LogP contribution is -2.32. The molecule has 64 valence electrons. The van der Waals surface area contributed by atoms with E-state index in [0.29, 0.717) is 12.0 Å². The SMILES string of the molecule is CB(C)C(C)(C)c1ccccc1. The molecule has 1 rings (SSSR count). The van der Waals surface area contributed by atoms with Gasteiger partial charge in [-0.1, -0.05) is 57.8 Å². The molecule has 0 saturated carbocycles. The van der Waals surface area contributed by atoms with Crippen LogP contribution in [0.25, 0.3) is 0 Å². The van der Waals surface area contributed by atoms with Crippen molar-refractivity contribution in [2.24, 2.45) is 0 Å². The molecule has 0 unspecified atom stereocenters. The fourth-order valence-corrected chi connectivity index (χ4v) is 1.20. The van der Waals surface area contributed by atoms with Gasteiger partial charge in [0.2, 0.25) is 0 Å². The number of benzene rings is 1. The van der Waals surface area contributed by atoms with Crippen molar-refractivity contribution < 1.29 is 0 Å². The first kappa shape index (κ1) is 9.37. The summed E-state index contributed by atoms with van der Waals surface area (Å²) >= 11 is 0. The molecule has 0 fully saturated rings. The molecule has 1 heteroatoms. The van der Waals surface area contributed by atoms with E-state index in [1.807, 2.05) is 0 Å². The highest BCUT2D eigenvalue weighted by Crippen LogP contribution is 2.25. The minimum atomic E-state index is 0.293. The summed E-state index contributed by atoms with van der Waals surface area (Å²) < 4.78 is 0. The predicted molar refractivity (Wildman–Crippen MR) is 57.0 cm³/mol. The Morgan fingerprint density at radius 3 is 1.92 bits per heavy atom. The fraction of sp³-hybridized carbons (Fsp3) is 0.455. The average Bonchev–Trinajstić information content (AvgIpc) is 2.06. The lowest BCUT2D eigenvalue weighted by molar-refractivity contribution is 0.738. The standard InChI is InChI=1S/C11H17B/c1-11(2,12(3)4)10-8-6-5-7-9-10/h5-9H,1-4H3. The van der Waals surface area contributed by atoms with Gasteiger partial charge in [-0.2, -0.15) is 0 Å². The maximum absolute atomic E-state index is 2.30. The third kappa shape index (κ3) is 1.71. The second-order valence-corrected chi connectivity index (χ2v) is 4.24. The van der Waals surface area contributed by atoms with E-state index >= 15 is 0 Å². The van der Waals surface area contributed by atoms with E-state index in [1.165, 1.54) is 5.56 Å². The Kier molecular flexibility index (Phi) is 2.61. The van der Waals surface area contributed by atoms with Crippen LogP contribution in [-0.2, 0) is 5.31 Å². The van der Waals surface area contributed by atoms with Crippen molar-refractivity contribution >= 4 is 6.71 Å². The Labute approximate surface area is 76.1 Å². The van der Waals surface area contributed by atoms with Crippen molar-refractivity contribution in [3.05, 3.63) is 35.9 Å². The summed E-state index contributed by atoms with van der Waals surface area (Å²) in [4.78, 5) is 0. The van der Waals surface area contributed by atoms with Crippen LogP contribution in [0.5, 0.6) is 0 Å². The second-order valence-electron chi connectivity index (χ2n) is 4.24. The zero-order valence-electron chi connectivity index (χ0n) is 8.46. The summed E-state index contributed by atoms with van der Waals surface area (Å²) in [5.74, 6) is 0. The average molecular weight is 160 g/mol. The first-order valence-corrected chi connectivity index (χ1v) is 4.60. The third-order valence-corrected chi connectivity index (χ3v) is 2.96. The van der Waals surface area contributed by atoms with E-state index in [0.717, 1.165) is 0 Å². The minimum absolute atomic E-state index is 0.293. The highest BCUT2D eigenvalue weighted by atomic mass is 14.1. The molecule has 0 atom stereocenters. The molecule has 0 amide bonds. The van der Waals surface area contributed by atoms with Gasteiger partial charge in [-0.05, 0) is 10.9 Å². The molecule has 0 aliphatic heterocycles. The van der Waals surface area contributed by atoms with E-state index in [4.69, 9.17) is 0 Å². The van der Waals surface area contributed by atoms with Gasteiger partial charge in [0.1, 0.15) is 6.71 Å². The van der Waals surface area contributed by atoms with E-state index in [9.17, 15) is 0 Å². The maximum atomic E-state index is 2.30. The van der Waals surface area contributed by atoms with Gasteiger partial charge < -0.3 is 0 Å². The lowest BCUT2D eigenvalue weighted by atomic mass is 9.36. The van der Waals surface area contributed by atoms with Crippen molar-refractivity contribution in [2.75, 3.05) is 0 Å². The molecule has 0 aliphatic carbocycles. The third-order valence-electron chi connectivity index (χ3n) is 2.96. The molecular formula is C11H17B. The van der Waals surface area contributed by atoms with Gasteiger partial charge in [-0.3, -0.25) is 0 Å². The largest absolute Gasteiger partial charge is 0.145 e.